The van der Waals surface area contributed by atoms with E-state index >= 15 is 0 Å². The van der Waals surface area contributed by atoms with Crippen LogP contribution in [0, 0.1) is 0 Å². The average molecular weight is 183 g/mol. The van der Waals surface area contributed by atoms with Crippen molar-refractivity contribution in [2.45, 2.75) is 37.9 Å². The molecule has 0 aromatic heterocycles. The van der Waals surface area contributed by atoms with Crippen LogP contribution in [0.1, 0.15) is 19.8 Å². The van der Waals surface area contributed by atoms with E-state index in [4.69, 9.17) is 5.73 Å². The molecule has 2 saturated heterocycles. The molecule has 2 heterocycles. The van der Waals surface area contributed by atoms with E-state index in [0.29, 0.717) is 18.1 Å². The summed E-state index contributed by atoms with van der Waals surface area (Å²) in [4.78, 5) is 5.09. The van der Waals surface area contributed by atoms with Crippen LogP contribution in [0.2, 0.25) is 0 Å². The van der Waals surface area contributed by atoms with Gasteiger partial charge in [-0.05, 0) is 26.4 Å². The zero-order chi connectivity index (χ0) is 9.42. The van der Waals surface area contributed by atoms with E-state index in [1.807, 2.05) is 0 Å². The van der Waals surface area contributed by atoms with Crippen molar-refractivity contribution < 1.29 is 0 Å². The van der Waals surface area contributed by atoms with Crippen LogP contribution >= 0.6 is 0 Å². The first-order chi connectivity index (χ1) is 6.20. The molecule has 0 spiro atoms. The van der Waals surface area contributed by atoms with Gasteiger partial charge in [0.2, 0.25) is 0 Å². The number of likely N-dealkylation sites (tertiary alicyclic amines) is 1. The summed E-state index contributed by atoms with van der Waals surface area (Å²) in [5, 5.41) is 0. The second-order valence-corrected chi connectivity index (χ2v) is 4.56. The van der Waals surface area contributed by atoms with Gasteiger partial charge in [0.05, 0.1) is 0 Å². The van der Waals surface area contributed by atoms with Crippen molar-refractivity contribution in [3.05, 3.63) is 0 Å². The van der Waals surface area contributed by atoms with Crippen molar-refractivity contribution >= 4 is 0 Å². The van der Waals surface area contributed by atoms with E-state index < -0.39 is 0 Å². The first kappa shape index (κ1) is 9.44. The lowest BCUT2D eigenvalue weighted by Gasteiger charge is -2.50. The molecule has 2 N–H and O–H groups in total. The fourth-order valence-corrected chi connectivity index (χ4v) is 2.76. The highest BCUT2D eigenvalue weighted by atomic mass is 15.3. The van der Waals surface area contributed by atoms with Gasteiger partial charge >= 0.3 is 0 Å². The van der Waals surface area contributed by atoms with E-state index in [1.54, 1.807) is 0 Å². The molecule has 0 saturated carbocycles. The van der Waals surface area contributed by atoms with Crippen LogP contribution < -0.4 is 5.73 Å². The first-order valence-electron chi connectivity index (χ1n) is 5.40. The van der Waals surface area contributed by atoms with Gasteiger partial charge in [0.15, 0.2) is 0 Å². The van der Waals surface area contributed by atoms with Gasteiger partial charge in [-0.2, -0.15) is 0 Å². The first-order valence-corrected chi connectivity index (χ1v) is 5.40. The molecule has 2 aliphatic rings. The number of piperidine rings is 1. The number of hydrogen-bond acceptors (Lipinski definition) is 3. The van der Waals surface area contributed by atoms with E-state index in [1.165, 1.54) is 32.5 Å². The van der Waals surface area contributed by atoms with Gasteiger partial charge in [0.1, 0.15) is 0 Å². The topological polar surface area (TPSA) is 32.5 Å². The quantitative estimate of drug-likeness (QED) is 0.626. The van der Waals surface area contributed by atoms with E-state index in [9.17, 15) is 0 Å². The van der Waals surface area contributed by atoms with Gasteiger partial charge in [-0.1, -0.05) is 6.92 Å². The van der Waals surface area contributed by atoms with Crippen LogP contribution in [-0.2, 0) is 0 Å². The summed E-state index contributed by atoms with van der Waals surface area (Å²) in [6.45, 7) is 5.88. The van der Waals surface area contributed by atoms with Crippen molar-refractivity contribution in [2.24, 2.45) is 5.73 Å². The fraction of sp³-hybridized carbons (Fsp3) is 1.00. The molecular weight excluding hydrogens is 162 g/mol. The van der Waals surface area contributed by atoms with E-state index in [-0.39, 0.29) is 0 Å². The molecule has 2 bridgehead atoms. The van der Waals surface area contributed by atoms with E-state index in [0.717, 1.165) is 0 Å². The Bertz CT molecular complexity index is 167. The number of hydrogen-bond donors (Lipinski definition) is 1. The summed E-state index contributed by atoms with van der Waals surface area (Å²) in [6.07, 6.45) is 2.37. The minimum Gasteiger partial charge on any atom is -0.328 e. The van der Waals surface area contributed by atoms with Crippen molar-refractivity contribution in [1.82, 2.24) is 9.80 Å². The average Bonchev–Trinajstić information content (AvgIpc) is 2.07. The van der Waals surface area contributed by atoms with Gasteiger partial charge in [-0.25, -0.2) is 0 Å². The van der Waals surface area contributed by atoms with Gasteiger partial charge in [0, 0.05) is 31.2 Å². The van der Waals surface area contributed by atoms with E-state index in [2.05, 4.69) is 23.8 Å². The molecule has 2 fully saturated rings. The van der Waals surface area contributed by atoms with Gasteiger partial charge < -0.3 is 10.6 Å². The number of nitrogens with zero attached hydrogens (tertiary/aromatic N) is 2. The molecule has 0 aromatic carbocycles. The Labute approximate surface area is 80.9 Å². The lowest BCUT2D eigenvalue weighted by molar-refractivity contribution is 0.00529. The van der Waals surface area contributed by atoms with Gasteiger partial charge in [0.25, 0.3) is 0 Å². The number of likely N-dealkylation sites (N-methyl/N-ethyl adjacent to an activating group) is 2. The summed E-state index contributed by atoms with van der Waals surface area (Å²) in [5.41, 5.74) is 6.03. The van der Waals surface area contributed by atoms with Crippen LogP contribution in [0.4, 0.5) is 0 Å². The minimum atomic E-state index is 0.449. The smallest absolute Gasteiger partial charge is 0.0238 e. The second-order valence-electron chi connectivity index (χ2n) is 4.56. The molecule has 0 aliphatic carbocycles. The third-order valence-electron chi connectivity index (χ3n) is 3.69. The Morgan fingerprint density at radius 3 is 2.23 bits per heavy atom. The summed E-state index contributed by atoms with van der Waals surface area (Å²) >= 11 is 0. The molecule has 76 valence electrons. The van der Waals surface area contributed by atoms with Crippen molar-refractivity contribution in [1.29, 1.82) is 0 Å². The van der Waals surface area contributed by atoms with Crippen LogP contribution in [0.3, 0.4) is 0 Å². The Hall–Kier alpha value is -0.120. The summed E-state index contributed by atoms with van der Waals surface area (Å²) < 4.78 is 0. The van der Waals surface area contributed by atoms with Crippen LogP contribution in [0.15, 0.2) is 0 Å². The van der Waals surface area contributed by atoms with Gasteiger partial charge in [-0.15, -0.1) is 0 Å². The molecule has 3 atom stereocenters. The Morgan fingerprint density at radius 2 is 1.77 bits per heavy atom. The van der Waals surface area contributed by atoms with Crippen LogP contribution in [0.5, 0.6) is 0 Å². The Balaban J connectivity index is 2.04. The third-order valence-corrected chi connectivity index (χ3v) is 3.69. The van der Waals surface area contributed by atoms with Crippen LogP contribution in [0.25, 0.3) is 0 Å². The largest absolute Gasteiger partial charge is 0.328 e. The summed E-state index contributed by atoms with van der Waals surface area (Å²) in [7, 11) is 2.26. The maximum atomic E-state index is 6.03. The number of nitrogens with two attached hydrogens (primary N) is 1. The Morgan fingerprint density at radius 1 is 1.23 bits per heavy atom. The molecule has 3 heteroatoms. The highest BCUT2D eigenvalue weighted by Gasteiger charge is 2.37. The minimum absolute atomic E-state index is 0.449. The molecule has 3 nitrogen and oxygen atoms in total. The predicted octanol–water partition coefficient (Wildman–Crippen LogP) is 0.112. The zero-order valence-electron chi connectivity index (χ0n) is 8.74. The monoisotopic (exact) mass is 183 g/mol. The fourth-order valence-electron chi connectivity index (χ4n) is 2.76. The van der Waals surface area contributed by atoms with Crippen LogP contribution in [-0.4, -0.2) is 54.6 Å². The van der Waals surface area contributed by atoms with Crippen molar-refractivity contribution in [3.63, 3.8) is 0 Å². The van der Waals surface area contributed by atoms with Crippen molar-refractivity contribution in [3.8, 4) is 0 Å². The van der Waals surface area contributed by atoms with Crippen molar-refractivity contribution in [2.75, 3.05) is 26.7 Å². The molecule has 1 unspecified atom stereocenters. The molecule has 0 radical (unpaired) electrons. The molecular formula is C10H21N3. The molecule has 0 aromatic rings. The second kappa shape index (κ2) is 3.56. The molecule has 2 rings (SSSR count). The Kier molecular flexibility index (Phi) is 2.58. The summed E-state index contributed by atoms with van der Waals surface area (Å²) in [6, 6.07) is 1.87. The SMILES string of the molecule is CCN1C[C@H]2CC(N)C[C@@H](C1)N2C. The number of fused-ring (bicyclic) bond motifs is 2. The zero-order valence-corrected chi connectivity index (χ0v) is 8.74. The highest BCUT2D eigenvalue weighted by molar-refractivity contribution is 4.95. The highest BCUT2D eigenvalue weighted by Crippen LogP contribution is 2.26. The van der Waals surface area contributed by atoms with Gasteiger partial charge in [-0.3, -0.25) is 4.90 Å². The number of piperazine rings is 1. The number of rotatable bonds is 1. The lowest BCUT2D eigenvalue weighted by Crippen LogP contribution is -2.62. The predicted molar refractivity (Wildman–Crippen MR) is 54.7 cm³/mol. The molecule has 13 heavy (non-hydrogen) atoms. The maximum absolute atomic E-state index is 6.03. The lowest BCUT2D eigenvalue weighted by atomic mass is 9.89. The maximum Gasteiger partial charge on any atom is 0.0238 e. The molecule has 0 amide bonds. The standard InChI is InChI=1S/C10H21N3/c1-3-13-6-9-4-8(11)5-10(7-13)12(9)2/h8-10H,3-7,11H2,1-2H3/t8?,9-,10+. The third kappa shape index (κ3) is 1.73. The normalized spacial score (nSPS) is 42.2. The molecule has 2 aliphatic heterocycles. The summed E-state index contributed by atoms with van der Waals surface area (Å²) in [5.74, 6) is 0.